The topological polar surface area (TPSA) is 12.0 Å². The molecule has 0 radical (unpaired) electrons. The van der Waals surface area contributed by atoms with E-state index in [2.05, 4.69) is 81.5 Å². The summed E-state index contributed by atoms with van der Waals surface area (Å²) in [6.45, 7) is 19.0. The molecule has 0 fully saturated rings. The van der Waals surface area contributed by atoms with E-state index in [4.69, 9.17) is 0 Å². The van der Waals surface area contributed by atoms with Crippen molar-refractivity contribution < 1.29 is 0 Å². The van der Waals surface area contributed by atoms with Crippen LogP contribution in [0, 0.1) is 0 Å². The first-order valence-electron chi connectivity index (χ1n) is 6.28. The van der Waals surface area contributed by atoms with Gasteiger partial charge in [0.1, 0.15) is 0 Å². The molecule has 16 heavy (non-hydrogen) atoms. The molecule has 0 saturated heterocycles. The van der Waals surface area contributed by atoms with Gasteiger partial charge in [0.05, 0.1) is 0 Å². The van der Waals surface area contributed by atoms with E-state index < -0.39 is 4.64 Å². The maximum atomic E-state index is 4.11. The fraction of sp³-hybridized carbons (Fsp3) is 1.00. The summed E-state index contributed by atoms with van der Waals surface area (Å²) in [5, 5.41) is 0. The Bertz CT molecular complexity index is 229. The summed E-state index contributed by atoms with van der Waals surface area (Å²) < 4.78 is -0.988. The second kappa shape index (κ2) is 7.26. The molecule has 0 saturated carbocycles. The van der Waals surface area contributed by atoms with Gasteiger partial charge in [-0.1, -0.05) is 0 Å². The third-order valence-corrected chi connectivity index (χ3v) is 19.7. The van der Waals surface area contributed by atoms with E-state index in [1.54, 1.807) is 0 Å². The van der Waals surface area contributed by atoms with Crippen LogP contribution < -0.4 is 4.86 Å². The van der Waals surface area contributed by atoms with Crippen molar-refractivity contribution in [1.82, 2.24) is 4.86 Å². The van der Waals surface area contributed by atoms with Crippen LogP contribution in [0.5, 0.6) is 0 Å². The van der Waals surface area contributed by atoms with E-state index >= 15 is 0 Å². The Labute approximate surface area is 116 Å². The second-order valence-electron chi connectivity index (χ2n) is 5.59. The predicted molar refractivity (Wildman–Crippen MR) is 83.3 cm³/mol. The van der Waals surface area contributed by atoms with E-state index in [1.165, 1.54) is 0 Å². The molecule has 0 heterocycles. The fourth-order valence-corrected chi connectivity index (χ4v) is 11.8. The van der Waals surface area contributed by atoms with Crippen LogP contribution in [0.2, 0.25) is 0 Å². The second-order valence-corrected chi connectivity index (χ2v) is 17.9. The summed E-state index contributed by atoms with van der Waals surface area (Å²) in [6.07, 6.45) is 0. The quantitative estimate of drug-likeness (QED) is 0.526. The van der Waals surface area contributed by atoms with Crippen LogP contribution in [0.4, 0.5) is 0 Å². The first-order valence-corrected chi connectivity index (χ1v) is 12.7. The molecule has 0 aliphatic carbocycles. The van der Waals surface area contributed by atoms with Gasteiger partial charge in [0, 0.05) is 0 Å². The molecule has 0 bridgehead atoms. The number of rotatable bonds is 6. The van der Waals surface area contributed by atoms with Crippen molar-refractivity contribution in [3.8, 4) is 0 Å². The Hall–Kier alpha value is 1.61. The monoisotopic (exact) mass is 379 g/mol. The Morgan fingerprint density at radius 2 is 1.12 bits per heavy atom. The summed E-state index contributed by atoms with van der Waals surface area (Å²) >= 11 is 2.42. The van der Waals surface area contributed by atoms with E-state index in [9.17, 15) is 0 Å². The van der Waals surface area contributed by atoms with Crippen LogP contribution in [0.1, 0.15) is 55.4 Å². The van der Waals surface area contributed by atoms with Crippen LogP contribution in [0.15, 0.2) is 0 Å². The summed E-state index contributed by atoms with van der Waals surface area (Å²) in [5.41, 5.74) is 3.15. The third-order valence-electron chi connectivity index (χ3n) is 2.92. The van der Waals surface area contributed by atoms with Crippen molar-refractivity contribution in [2.24, 2.45) is 0 Å². The summed E-state index contributed by atoms with van der Waals surface area (Å²) in [4.78, 5) is 4.11. The van der Waals surface area contributed by atoms with E-state index in [1.807, 2.05) is 0 Å². The minimum absolute atomic E-state index is 0.0297. The molecule has 98 valence electrons. The van der Waals surface area contributed by atoms with Gasteiger partial charge in [-0.05, 0) is 0 Å². The number of hydrogen-bond donors (Lipinski definition) is 1. The molecule has 0 aliphatic heterocycles. The van der Waals surface area contributed by atoms with Gasteiger partial charge in [-0.25, -0.2) is 0 Å². The fourth-order valence-electron chi connectivity index (χ4n) is 1.83. The molecule has 1 nitrogen and oxygen atoms in total. The molecule has 0 spiro atoms. The summed E-state index contributed by atoms with van der Waals surface area (Å²) in [7, 11) is -0.0297. The Balaban J connectivity index is 4.94. The molecular weight excluding hydrogens is 348 g/mol. The minimum atomic E-state index is -0.988. The third kappa shape index (κ3) is 4.71. The SMILES string of the molecule is CC(C)P(NP(=[Te])(C(C)C)C(C)C)C(C)C. The van der Waals surface area contributed by atoms with Crippen molar-refractivity contribution in [2.45, 2.75) is 78.0 Å². The van der Waals surface area contributed by atoms with Gasteiger partial charge in [0.2, 0.25) is 0 Å². The van der Waals surface area contributed by atoms with Crippen LogP contribution in [0.25, 0.3) is 0 Å². The van der Waals surface area contributed by atoms with Gasteiger partial charge < -0.3 is 0 Å². The summed E-state index contributed by atoms with van der Waals surface area (Å²) in [6, 6.07) is 0. The van der Waals surface area contributed by atoms with Crippen LogP contribution >= 0.6 is 12.7 Å². The Morgan fingerprint density at radius 1 is 0.812 bits per heavy atom. The first kappa shape index (κ1) is 17.6. The predicted octanol–water partition coefficient (Wildman–Crippen LogP) is 4.62. The van der Waals surface area contributed by atoms with Gasteiger partial charge in [-0.2, -0.15) is 0 Å². The zero-order valence-electron chi connectivity index (χ0n) is 12.1. The van der Waals surface area contributed by atoms with Gasteiger partial charge in [0.15, 0.2) is 0 Å². The van der Waals surface area contributed by atoms with Gasteiger partial charge >= 0.3 is 117 Å². The van der Waals surface area contributed by atoms with Gasteiger partial charge in [-0.3, -0.25) is 0 Å². The van der Waals surface area contributed by atoms with Crippen molar-refractivity contribution in [3.05, 3.63) is 0 Å². The number of hydrogen-bond acceptors (Lipinski definition) is 1. The van der Waals surface area contributed by atoms with Crippen LogP contribution in [0.3, 0.4) is 0 Å². The molecule has 0 aromatic rings. The van der Waals surface area contributed by atoms with Crippen molar-refractivity contribution in [2.75, 3.05) is 0 Å². The molecule has 4 heteroatoms. The molecule has 0 aliphatic rings. The maximum absolute atomic E-state index is 4.11. The van der Waals surface area contributed by atoms with Crippen molar-refractivity contribution in [3.63, 3.8) is 0 Å². The Kier molecular flexibility index (Phi) is 7.99. The van der Waals surface area contributed by atoms with Crippen molar-refractivity contribution >= 4 is 33.9 Å². The average molecular weight is 377 g/mol. The molecule has 0 rings (SSSR count). The van der Waals surface area contributed by atoms with Crippen LogP contribution in [-0.4, -0.2) is 43.9 Å². The zero-order chi connectivity index (χ0) is 13.1. The zero-order valence-corrected chi connectivity index (χ0v) is 16.2. The molecule has 0 unspecified atom stereocenters. The molecule has 1 N–H and O–H groups in total. The standard InChI is InChI=1S/C12H29NP2Te/c1-9(2)14(10(3)4)13-15(16,11(5)6)12(7)8/h9-12H,1-8H3,(H,13,16). The van der Waals surface area contributed by atoms with Crippen LogP contribution in [-0.2, 0) is 0 Å². The average Bonchev–Trinajstić information content (AvgIpc) is 2.11. The van der Waals surface area contributed by atoms with Gasteiger partial charge in [0.25, 0.3) is 0 Å². The molecular formula is C12H29NP2Te. The van der Waals surface area contributed by atoms with Crippen molar-refractivity contribution in [1.29, 1.82) is 0 Å². The Morgan fingerprint density at radius 3 is 1.31 bits per heavy atom. The van der Waals surface area contributed by atoms with E-state index in [0.29, 0.717) is 0 Å². The molecule has 0 aromatic carbocycles. The van der Waals surface area contributed by atoms with E-state index in [-0.39, 0.29) is 8.07 Å². The van der Waals surface area contributed by atoms with Gasteiger partial charge in [-0.15, -0.1) is 0 Å². The number of nitrogens with one attached hydrogen (secondary N) is 1. The molecule has 0 amide bonds. The normalized spacial score (nSPS) is 13.8. The first-order chi connectivity index (χ1) is 7.12. The van der Waals surface area contributed by atoms with E-state index in [0.717, 1.165) is 22.6 Å². The molecule has 0 atom stereocenters. The molecule has 0 aromatic heterocycles. The summed E-state index contributed by atoms with van der Waals surface area (Å²) in [5.74, 6) is 0.